The maximum absolute atomic E-state index is 13.1. The maximum Gasteiger partial charge on any atom is 0.294 e. The Morgan fingerprint density at radius 3 is 2.54 bits per heavy atom. The van der Waals surface area contributed by atoms with Gasteiger partial charge < -0.3 is 15.0 Å². The highest BCUT2D eigenvalue weighted by atomic mass is 127. The van der Waals surface area contributed by atoms with E-state index in [1.165, 1.54) is 20.9 Å². The Hall–Kier alpha value is -1.18. The number of aromatic nitrogens is 1. The molecule has 5 nitrogen and oxygen atoms in total. The summed E-state index contributed by atoms with van der Waals surface area (Å²) < 4.78 is 1.54. The van der Waals surface area contributed by atoms with Gasteiger partial charge >= 0.3 is 0 Å². The number of nitrogens with zero attached hydrogens (tertiary/aromatic N) is 3. The van der Waals surface area contributed by atoms with Crippen LogP contribution >= 0.6 is 56.3 Å². The molecule has 2 aliphatic heterocycles. The Balaban J connectivity index is 1.43. The third-order valence-corrected chi connectivity index (χ3v) is 11.3. The van der Waals surface area contributed by atoms with E-state index in [0.29, 0.717) is 23.2 Å². The van der Waals surface area contributed by atoms with Crippen LogP contribution in [0.5, 0.6) is 0 Å². The predicted octanol–water partition coefficient (Wildman–Crippen LogP) is 7.54. The van der Waals surface area contributed by atoms with Crippen molar-refractivity contribution in [2.24, 2.45) is 17.3 Å². The molecule has 1 amide bonds. The Bertz CT molecular complexity index is 1330. The number of hydrogen-bond acceptors (Lipinski definition) is 5. The molecule has 4 heterocycles. The number of nitrogens with one attached hydrogen (secondary N) is 1. The lowest BCUT2D eigenvalue weighted by molar-refractivity contribution is -0.130. The van der Waals surface area contributed by atoms with Crippen molar-refractivity contribution in [3.05, 3.63) is 73.4 Å². The second-order valence-corrected chi connectivity index (χ2v) is 15.8. The fourth-order valence-corrected chi connectivity index (χ4v) is 8.87. The zero-order chi connectivity index (χ0) is 28.2. The molecule has 0 bridgehead atoms. The number of rotatable bonds is 8. The summed E-state index contributed by atoms with van der Waals surface area (Å²) in [6, 6.07) is 4.80. The molecule has 3 aliphatic rings. The molecule has 1 aliphatic carbocycles. The summed E-state index contributed by atoms with van der Waals surface area (Å²) in [5, 5.41) is 3.90. The fraction of sp³-hybridized carbons (Fsp3) is 0.467. The SMILES string of the molecule is C=C/C=C(/c1nc(I)cc(C)c1NC1CCN(B(C)I)CC1)c1sc(CN2C(=C)C3C(C2=O)C3(C)C)cc1C. The normalized spacial score (nSPS) is 23.3. The van der Waals surface area contributed by atoms with Crippen LogP contribution in [0, 0.1) is 34.8 Å². The first kappa shape index (κ1) is 29.3. The molecule has 0 spiro atoms. The van der Waals surface area contributed by atoms with Crippen molar-refractivity contribution in [2.75, 3.05) is 18.4 Å². The van der Waals surface area contributed by atoms with E-state index in [9.17, 15) is 4.79 Å². The predicted molar refractivity (Wildman–Crippen MR) is 182 cm³/mol. The number of likely N-dealkylation sites (tertiary alicyclic amines) is 1. The fourth-order valence-electron chi connectivity index (χ4n) is 6.42. The highest BCUT2D eigenvalue weighted by molar-refractivity contribution is 14.1. The Morgan fingerprint density at radius 2 is 1.95 bits per heavy atom. The van der Waals surface area contributed by atoms with Crippen molar-refractivity contribution in [3.8, 4) is 0 Å². The Morgan fingerprint density at radius 1 is 1.26 bits per heavy atom. The van der Waals surface area contributed by atoms with E-state index >= 15 is 0 Å². The van der Waals surface area contributed by atoms with Gasteiger partial charge in [-0.3, -0.25) is 4.79 Å². The van der Waals surface area contributed by atoms with Crippen molar-refractivity contribution in [1.82, 2.24) is 14.7 Å². The summed E-state index contributed by atoms with van der Waals surface area (Å²) >= 11 is 6.58. The quantitative estimate of drug-likeness (QED) is 0.131. The molecule has 1 saturated carbocycles. The number of thiophene rings is 1. The summed E-state index contributed by atoms with van der Waals surface area (Å²) in [4.78, 5) is 25.0. The number of fused-ring (bicyclic) bond motifs is 1. The largest absolute Gasteiger partial charge is 0.380 e. The number of piperidine rings is 2. The summed E-state index contributed by atoms with van der Waals surface area (Å²) in [6.45, 7) is 22.1. The number of amides is 1. The van der Waals surface area contributed by atoms with E-state index < -0.39 is 0 Å². The third kappa shape index (κ3) is 5.54. The molecule has 5 rings (SSSR count). The lowest BCUT2D eigenvalue weighted by Crippen LogP contribution is -2.43. The topological polar surface area (TPSA) is 48.5 Å². The molecule has 2 aromatic heterocycles. The van der Waals surface area contributed by atoms with Crippen molar-refractivity contribution in [2.45, 2.75) is 59.9 Å². The van der Waals surface area contributed by atoms with E-state index in [4.69, 9.17) is 4.98 Å². The summed E-state index contributed by atoms with van der Waals surface area (Å²) in [7, 11) is 0. The Kier molecular flexibility index (Phi) is 8.46. The Labute approximate surface area is 264 Å². The van der Waals surface area contributed by atoms with Gasteiger partial charge in [-0.2, -0.15) is 0 Å². The van der Waals surface area contributed by atoms with Crippen LogP contribution in [0.15, 0.2) is 43.1 Å². The van der Waals surface area contributed by atoms with Gasteiger partial charge in [0.25, 0.3) is 4.70 Å². The highest BCUT2D eigenvalue weighted by Crippen LogP contribution is 2.66. The van der Waals surface area contributed by atoms with Crippen molar-refractivity contribution in [3.63, 3.8) is 0 Å². The molecule has 2 saturated heterocycles. The lowest BCUT2D eigenvalue weighted by Gasteiger charge is -2.34. The van der Waals surface area contributed by atoms with Crippen molar-refractivity contribution in [1.29, 1.82) is 0 Å². The zero-order valence-electron chi connectivity index (χ0n) is 23.5. The van der Waals surface area contributed by atoms with Gasteiger partial charge in [0.15, 0.2) is 0 Å². The number of aryl methyl sites for hydroxylation is 2. The summed E-state index contributed by atoms with van der Waals surface area (Å²) in [6.07, 6.45) is 6.18. The molecule has 206 valence electrons. The van der Waals surface area contributed by atoms with Gasteiger partial charge in [0, 0.05) is 33.0 Å². The van der Waals surface area contributed by atoms with Crippen LogP contribution in [0.3, 0.4) is 0 Å². The van der Waals surface area contributed by atoms with E-state index in [1.807, 2.05) is 11.0 Å². The van der Waals surface area contributed by atoms with Gasteiger partial charge in [-0.1, -0.05) is 46.0 Å². The minimum atomic E-state index is 0.0590. The monoisotopic (exact) mass is 766 g/mol. The van der Waals surface area contributed by atoms with Crippen molar-refractivity contribution < 1.29 is 4.79 Å². The van der Waals surface area contributed by atoms with E-state index in [2.05, 4.69) is 121 Å². The zero-order valence-corrected chi connectivity index (χ0v) is 28.6. The van der Waals surface area contributed by atoms with Gasteiger partial charge in [-0.25, -0.2) is 4.98 Å². The van der Waals surface area contributed by atoms with Crippen LogP contribution in [0.25, 0.3) is 5.57 Å². The van der Waals surface area contributed by atoms with Gasteiger partial charge in [0.1, 0.15) is 3.70 Å². The smallest absolute Gasteiger partial charge is 0.294 e. The minimum Gasteiger partial charge on any atom is -0.380 e. The molecule has 9 heteroatoms. The molecule has 0 radical (unpaired) electrons. The molecular formula is C30H37BI2N4OS. The number of halogens is 2. The van der Waals surface area contributed by atoms with Gasteiger partial charge in [-0.05, 0) is 91.0 Å². The van der Waals surface area contributed by atoms with E-state index in [0.717, 1.165) is 52.3 Å². The number of anilines is 1. The van der Waals surface area contributed by atoms with Crippen LogP contribution in [0.1, 0.15) is 53.3 Å². The minimum absolute atomic E-state index is 0.0590. The van der Waals surface area contributed by atoms with Crippen LogP contribution in [0.2, 0.25) is 6.82 Å². The second kappa shape index (κ2) is 11.2. The highest BCUT2D eigenvalue weighted by Gasteiger charge is 2.69. The number of carbonyl (C=O) groups excluding carboxylic acids is 1. The van der Waals surface area contributed by atoms with Crippen molar-refractivity contribution >= 4 is 78.2 Å². The summed E-state index contributed by atoms with van der Waals surface area (Å²) in [5.74, 6) is 0.621. The maximum atomic E-state index is 13.1. The molecule has 39 heavy (non-hydrogen) atoms. The van der Waals surface area contributed by atoms with E-state index in [1.54, 1.807) is 11.3 Å². The first-order valence-corrected chi connectivity index (χ1v) is 16.8. The molecule has 1 N–H and O–H groups in total. The molecule has 3 fully saturated rings. The summed E-state index contributed by atoms with van der Waals surface area (Å²) in [5.41, 5.74) is 6.61. The van der Waals surface area contributed by atoms with Gasteiger partial charge in [0.05, 0.1) is 23.8 Å². The standard InChI is InChI=1S/C30H37BI2N4OS/c1-8-9-22(27-26(17(2)15-23(32)35-27)34-20-10-12-36(13-11-20)31(7)33)28-18(3)14-21(39-28)16-37-19(4)24-25(29(37)38)30(24,5)6/h8-9,14-15,20,24-25,34H,1,4,10-13,16H2,2-3,5-7H3/b22-9-. The van der Waals surface area contributed by atoms with Crippen LogP contribution < -0.4 is 5.32 Å². The first-order chi connectivity index (χ1) is 18.4. The number of carbonyl (C=O) groups is 1. The van der Waals surface area contributed by atoms with Crippen LogP contribution in [-0.4, -0.2) is 44.4 Å². The van der Waals surface area contributed by atoms with E-state index in [-0.39, 0.29) is 17.2 Å². The van der Waals surface area contributed by atoms with Gasteiger partial charge in [0.2, 0.25) is 5.91 Å². The number of hydrogen-bond donors (Lipinski definition) is 1. The van der Waals surface area contributed by atoms with Crippen LogP contribution in [0.4, 0.5) is 5.69 Å². The average molecular weight is 766 g/mol. The number of allylic oxidation sites excluding steroid dienone is 3. The van der Waals surface area contributed by atoms with Crippen LogP contribution in [-0.2, 0) is 11.3 Å². The first-order valence-electron chi connectivity index (χ1n) is 13.7. The molecule has 0 aromatic carbocycles. The third-order valence-electron chi connectivity index (χ3n) is 8.70. The molecule has 2 unspecified atom stereocenters. The molecule has 2 atom stereocenters. The second-order valence-electron chi connectivity index (χ2n) is 11.7. The molecular weight excluding hydrogens is 729 g/mol. The number of pyridine rings is 1. The molecule has 2 aromatic rings. The van der Waals surface area contributed by atoms with Gasteiger partial charge in [-0.15, -0.1) is 33.7 Å². The average Bonchev–Trinajstić information content (AvgIpc) is 3.11. The lowest BCUT2D eigenvalue weighted by atomic mass is 9.90.